The molecule has 0 aliphatic heterocycles. The molecule has 0 amide bonds. The lowest BCUT2D eigenvalue weighted by molar-refractivity contribution is -0.133. The van der Waals surface area contributed by atoms with Gasteiger partial charge in [0.2, 0.25) is 0 Å². The number of allylic oxidation sites excluding steroid dienone is 1. The molecule has 0 heterocycles. The number of carboxylic acids is 1. The van der Waals surface area contributed by atoms with Gasteiger partial charge in [-0.15, -0.1) is 0 Å². The lowest BCUT2D eigenvalue weighted by atomic mass is 10.1. The molecule has 0 spiro atoms. The molecule has 0 aromatic carbocycles. The van der Waals surface area contributed by atoms with E-state index in [0.717, 1.165) is 19.3 Å². The standard InChI is InChI=1S/C12H22O3.FH/c1-3-4-5-6-7-8-11(12(14)15)9-10(2)13;/h8,10,13H,3-7,9H2,1-2H3,(H,14,15);1H. The number of hydrogen-bond acceptors (Lipinski definition) is 2. The largest absolute Gasteiger partial charge is 0.478 e. The Balaban J connectivity index is 0. The summed E-state index contributed by atoms with van der Waals surface area (Å²) in [5, 5.41) is 18.0. The lowest BCUT2D eigenvalue weighted by Gasteiger charge is -2.05. The van der Waals surface area contributed by atoms with Crippen molar-refractivity contribution in [1.82, 2.24) is 0 Å². The van der Waals surface area contributed by atoms with Crippen molar-refractivity contribution in [3.8, 4) is 0 Å². The molecule has 0 aromatic heterocycles. The fourth-order valence-corrected chi connectivity index (χ4v) is 1.42. The van der Waals surface area contributed by atoms with Crippen molar-refractivity contribution in [3.05, 3.63) is 11.6 Å². The molecule has 0 saturated carbocycles. The molecule has 1 atom stereocenters. The SMILES string of the molecule is CCCCCCC=C(CC(C)O)C(=O)O.F. The molecule has 16 heavy (non-hydrogen) atoms. The van der Waals surface area contributed by atoms with Crippen molar-refractivity contribution in [2.75, 3.05) is 0 Å². The van der Waals surface area contributed by atoms with Crippen LogP contribution >= 0.6 is 0 Å². The number of aliphatic carboxylic acids is 1. The van der Waals surface area contributed by atoms with Crippen molar-refractivity contribution in [3.63, 3.8) is 0 Å². The minimum Gasteiger partial charge on any atom is -0.478 e. The van der Waals surface area contributed by atoms with Gasteiger partial charge in [-0.3, -0.25) is 4.70 Å². The Kier molecular flexibility index (Phi) is 11.6. The third-order valence-electron chi connectivity index (χ3n) is 2.24. The molecule has 0 aliphatic carbocycles. The van der Waals surface area contributed by atoms with Gasteiger partial charge in [-0.2, -0.15) is 0 Å². The van der Waals surface area contributed by atoms with Gasteiger partial charge in [0, 0.05) is 12.0 Å². The summed E-state index contributed by atoms with van der Waals surface area (Å²) < 4.78 is 0. The number of carboxylic acid groups (broad SMARTS) is 1. The molecule has 1 unspecified atom stereocenters. The molecule has 0 radical (unpaired) electrons. The van der Waals surface area contributed by atoms with Crippen LogP contribution in [0.4, 0.5) is 4.70 Å². The normalized spacial score (nSPS) is 13.1. The van der Waals surface area contributed by atoms with Crippen molar-refractivity contribution in [2.45, 2.75) is 58.5 Å². The van der Waals surface area contributed by atoms with Gasteiger partial charge < -0.3 is 10.2 Å². The van der Waals surface area contributed by atoms with Gasteiger partial charge in [0.15, 0.2) is 0 Å². The Morgan fingerprint density at radius 2 is 1.94 bits per heavy atom. The molecule has 2 N–H and O–H groups in total. The highest BCUT2D eigenvalue weighted by molar-refractivity contribution is 5.86. The second-order valence-electron chi connectivity index (χ2n) is 3.94. The topological polar surface area (TPSA) is 57.5 Å². The molecule has 0 aromatic rings. The number of halogens is 1. The molecule has 0 fully saturated rings. The van der Waals surface area contributed by atoms with Gasteiger partial charge >= 0.3 is 5.97 Å². The van der Waals surface area contributed by atoms with Crippen LogP contribution in [0.25, 0.3) is 0 Å². The molecule has 96 valence electrons. The number of rotatable bonds is 8. The van der Waals surface area contributed by atoms with Crippen molar-refractivity contribution in [2.24, 2.45) is 0 Å². The van der Waals surface area contributed by atoms with E-state index in [1.807, 2.05) is 0 Å². The summed E-state index contributed by atoms with van der Waals surface area (Å²) in [7, 11) is 0. The second kappa shape index (κ2) is 10.6. The maximum atomic E-state index is 10.8. The highest BCUT2D eigenvalue weighted by Gasteiger charge is 2.09. The summed E-state index contributed by atoms with van der Waals surface area (Å²) in [5.74, 6) is -0.911. The van der Waals surface area contributed by atoms with E-state index in [4.69, 9.17) is 10.2 Å². The fourth-order valence-electron chi connectivity index (χ4n) is 1.42. The van der Waals surface area contributed by atoms with E-state index in [-0.39, 0.29) is 11.1 Å². The van der Waals surface area contributed by atoms with Crippen molar-refractivity contribution < 1.29 is 19.7 Å². The van der Waals surface area contributed by atoms with Crippen LogP contribution in [0.3, 0.4) is 0 Å². The Bertz CT molecular complexity index is 212. The Hall–Kier alpha value is -0.900. The van der Waals surface area contributed by atoms with Crippen LogP contribution in [0.15, 0.2) is 11.6 Å². The first-order chi connectivity index (χ1) is 7.07. The van der Waals surface area contributed by atoms with Gasteiger partial charge in [0.05, 0.1) is 6.10 Å². The smallest absolute Gasteiger partial charge is 0.331 e. The first-order valence-electron chi connectivity index (χ1n) is 5.68. The van der Waals surface area contributed by atoms with E-state index in [9.17, 15) is 4.79 Å². The Morgan fingerprint density at radius 3 is 2.38 bits per heavy atom. The highest BCUT2D eigenvalue weighted by atomic mass is 19.0. The van der Waals surface area contributed by atoms with Crippen LogP contribution in [-0.2, 0) is 4.79 Å². The van der Waals surface area contributed by atoms with Crippen molar-refractivity contribution in [1.29, 1.82) is 0 Å². The molecular weight excluding hydrogens is 211 g/mol. The van der Waals surface area contributed by atoms with Gasteiger partial charge in [-0.05, 0) is 19.8 Å². The van der Waals surface area contributed by atoms with E-state index in [2.05, 4.69) is 6.92 Å². The molecule has 3 nitrogen and oxygen atoms in total. The third-order valence-corrected chi connectivity index (χ3v) is 2.24. The van der Waals surface area contributed by atoms with E-state index in [1.165, 1.54) is 12.8 Å². The van der Waals surface area contributed by atoms with Crippen LogP contribution in [-0.4, -0.2) is 22.3 Å². The van der Waals surface area contributed by atoms with E-state index in [1.54, 1.807) is 13.0 Å². The number of carbonyl (C=O) groups is 1. The number of aliphatic hydroxyl groups excluding tert-OH is 1. The molecular formula is C12H23FO3. The molecule has 0 aliphatic rings. The summed E-state index contributed by atoms with van der Waals surface area (Å²) in [6.07, 6.45) is 6.76. The van der Waals surface area contributed by atoms with Gasteiger partial charge in [-0.1, -0.05) is 32.3 Å². The Morgan fingerprint density at radius 1 is 1.31 bits per heavy atom. The van der Waals surface area contributed by atoms with Crippen LogP contribution in [0.2, 0.25) is 0 Å². The van der Waals surface area contributed by atoms with E-state index >= 15 is 0 Å². The average molecular weight is 234 g/mol. The second-order valence-corrected chi connectivity index (χ2v) is 3.94. The predicted molar refractivity (Wildman–Crippen MR) is 63.3 cm³/mol. The molecule has 0 saturated heterocycles. The summed E-state index contributed by atoms with van der Waals surface area (Å²) in [5.41, 5.74) is 0.335. The van der Waals surface area contributed by atoms with Crippen molar-refractivity contribution >= 4 is 5.97 Å². The van der Waals surface area contributed by atoms with Crippen LogP contribution in [0.5, 0.6) is 0 Å². The summed E-state index contributed by atoms with van der Waals surface area (Å²) in [6, 6.07) is 0. The summed E-state index contributed by atoms with van der Waals surface area (Å²) >= 11 is 0. The zero-order valence-electron chi connectivity index (χ0n) is 10.1. The molecule has 0 bridgehead atoms. The Labute approximate surface area is 96.5 Å². The maximum Gasteiger partial charge on any atom is 0.331 e. The van der Waals surface area contributed by atoms with Crippen LogP contribution in [0.1, 0.15) is 52.4 Å². The monoisotopic (exact) mass is 234 g/mol. The van der Waals surface area contributed by atoms with Gasteiger partial charge in [0.25, 0.3) is 0 Å². The number of aliphatic hydroxyl groups is 1. The molecule has 0 rings (SSSR count). The average Bonchev–Trinajstić information content (AvgIpc) is 2.15. The number of hydrogen-bond donors (Lipinski definition) is 2. The lowest BCUT2D eigenvalue weighted by Crippen LogP contribution is -2.08. The number of unbranched alkanes of at least 4 members (excludes halogenated alkanes) is 4. The minimum atomic E-state index is -0.911. The van der Waals surface area contributed by atoms with E-state index < -0.39 is 12.1 Å². The van der Waals surface area contributed by atoms with Crippen LogP contribution in [0, 0.1) is 0 Å². The minimum absolute atomic E-state index is 0. The van der Waals surface area contributed by atoms with Crippen LogP contribution < -0.4 is 0 Å². The fraction of sp³-hybridized carbons (Fsp3) is 0.750. The third kappa shape index (κ3) is 9.65. The summed E-state index contributed by atoms with van der Waals surface area (Å²) in [4.78, 5) is 10.8. The summed E-state index contributed by atoms with van der Waals surface area (Å²) in [6.45, 7) is 3.75. The van der Waals surface area contributed by atoms with E-state index in [0.29, 0.717) is 5.57 Å². The quantitative estimate of drug-likeness (QED) is 0.501. The first-order valence-corrected chi connectivity index (χ1v) is 5.68. The zero-order chi connectivity index (χ0) is 11.7. The van der Waals surface area contributed by atoms with Gasteiger partial charge in [-0.25, -0.2) is 4.79 Å². The maximum absolute atomic E-state index is 10.8. The highest BCUT2D eigenvalue weighted by Crippen LogP contribution is 2.10. The first kappa shape index (κ1) is 17.5. The molecule has 4 heteroatoms. The predicted octanol–water partition coefficient (Wildman–Crippen LogP) is 2.89. The zero-order valence-corrected chi connectivity index (χ0v) is 10.1. The van der Waals surface area contributed by atoms with Gasteiger partial charge in [0.1, 0.15) is 0 Å².